The van der Waals surface area contributed by atoms with E-state index in [9.17, 15) is 4.79 Å². The van der Waals surface area contributed by atoms with Gasteiger partial charge in [-0.1, -0.05) is 5.92 Å². The van der Waals surface area contributed by atoms with Crippen LogP contribution in [0.25, 0.3) is 0 Å². The van der Waals surface area contributed by atoms with Gasteiger partial charge < -0.3 is 10.6 Å². The lowest BCUT2D eigenvalue weighted by molar-refractivity contribution is -0.128. The highest BCUT2D eigenvalue weighted by Gasteiger charge is 2.25. The highest BCUT2D eigenvalue weighted by molar-refractivity contribution is 5.81. The van der Waals surface area contributed by atoms with Crippen molar-refractivity contribution in [1.82, 2.24) is 10.6 Å². The Morgan fingerprint density at radius 3 is 2.54 bits per heavy atom. The minimum Gasteiger partial charge on any atom is -0.359 e. The Morgan fingerprint density at radius 2 is 2.08 bits per heavy atom. The average molecular weight is 182 g/mol. The third kappa shape index (κ3) is 4.54. The third-order valence-corrected chi connectivity index (χ3v) is 1.80. The second-order valence-corrected chi connectivity index (χ2v) is 3.49. The molecule has 0 radical (unpaired) electrons. The van der Waals surface area contributed by atoms with Crippen molar-refractivity contribution in [3.63, 3.8) is 0 Å². The summed E-state index contributed by atoms with van der Waals surface area (Å²) in [4.78, 5) is 11.3. The molecule has 0 bridgehead atoms. The summed E-state index contributed by atoms with van der Waals surface area (Å²) in [7, 11) is 1.65. The van der Waals surface area contributed by atoms with Crippen molar-refractivity contribution in [2.24, 2.45) is 5.41 Å². The maximum atomic E-state index is 11.3. The topological polar surface area (TPSA) is 41.1 Å². The molecule has 2 N–H and O–H groups in total. The first-order chi connectivity index (χ1) is 6.04. The van der Waals surface area contributed by atoms with Crippen molar-refractivity contribution in [3.05, 3.63) is 0 Å². The van der Waals surface area contributed by atoms with Gasteiger partial charge in [-0.2, -0.15) is 0 Å². The zero-order valence-corrected chi connectivity index (χ0v) is 8.82. The fourth-order valence-electron chi connectivity index (χ4n) is 0.945. The minimum absolute atomic E-state index is 0.0458. The molecule has 0 fully saturated rings. The van der Waals surface area contributed by atoms with E-state index in [1.807, 2.05) is 13.8 Å². The van der Waals surface area contributed by atoms with Crippen LogP contribution in [0, 0.1) is 17.3 Å². The first-order valence-electron chi connectivity index (χ1n) is 4.37. The summed E-state index contributed by atoms with van der Waals surface area (Å²) in [6, 6.07) is 0. The van der Waals surface area contributed by atoms with Crippen LogP contribution in [-0.4, -0.2) is 26.0 Å². The van der Waals surface area contributed by atoms with Gasteiger partial charge in [0, 0.05) is 13.6 Å². The maximum absolute atomic E-state index is 11.3. The molecule has 0 aromatic carbocycles. The molecule has 0 unspecified atom stereocenters. The summed E-state index contributed by atoms with van der Waals surface area (Å²) in [5.74, 6) is 5.71. The van der Waals surface area contributed by atoms with Gasteiger partial charge >= 0.3 is 0 Å². The van der Waals surface area contributed by atoms with E-state index in [1.54, 1.807) is 14.0 Å². The van der Waals surface area contributed by atoms with Crippen LogP contribution in [-0.2, 0) is 4.79 Å². The second kappa shape index (κ2) is 5.60. The summed E-state index contributed by atoms with van der Waals surface area (Å²) in [6.45, 7) is 6.88. The van der Waals surface area contributed by atoms with E-state index in [-0.39, 0.29) is 11.3 Å². The first-order valence-corrected chi connectivity index (χ1v) is 4.37. The van der Waals surface area contributed by atoms with Crippen LogP contribution in [0.1, 0.15) is 20.8 Å². The van der Waals surface area contributed by atoms with Crippen LogP contribution >= 0.6 is 0 Å². The molecule has 0 spiro atoms. The molecule has 3 nitrogen and oxygen atoms in total. The van der Waals surface area contributed by atoms with Gasteiger partial charge in [0.1, 0.15) is 0 Å². The van der Waals surface area contributed by atoms with E-state index >= 15 is 0 Å². The number of rotatable bonds is 4. The van der Waals surface area contributed by atoms with E-state index in [2.05, 4.69) is 22.5 Å². The number of carbonyl (C=O) groups excluding carboxylic acids is 1. The van der Waals surface area contributed by atoms with Crippen LogP contribution in [0.2, 0.25) is 0 Å². The predicted molar refractivity (Wildman–Crippen MR) is 54.2 cm³/mol. The molecule has 13 heavy (non-hydrogen) atoms. The highest BCUT2D eigenvalue weighted by atomic mass is 16.2. The lowest BCUT2D eigenvalue weighted by Gasteiger charge is -2.22. The molecule has 0 atom stereocenters. The Labute approximate surface area is 80.3 Å². The Balaban J connectivity index is 3.86. The average Bonchev–Trinajstić information content (AvgIpc) is 2.11. The number of nitrogens with one attached hydrogen (secondary N) is 2. The molecule has 0 saturated heterocycles. The molecule has 1 amide bonds. The van der Waals surface area contributed by atoms with Gasteiger partial charge in [-0.15, -0.1) is 5.92 Å². The third-order valence-electron chi connectivity index (χ3n) is 1.80. The molecule has 3 heteroatoms. The smallest absolute Gasteiger partial charge is 0.226 e. The number of hydrogen-bond donors (Lipinski definition) is 2. The zero-order valence-electron chi connectivity index (χ0n) is 8.82. The number of carbonyl (C=O) groups is 1. The van der Waals surface area contributed by atoms with E-state index in [1.165, 1.54) is 0 Å². The van der Waals surface area contributed by atoms with Crippen molar-refractivity contribution >= 4 is 5.91 Å². The second-order valence-electron chi connectivity index (χ2n) is 3.49. The zero-order chi connectivity index (χ0) is 10.3. The number of amides is 1. The van der Waals surface area contributed by atoms with Crippen molar-refractivity contribution in [3.8, 4) is 11.8 Å². The molecule has 0 aliphatic rings. The molecule has 0 aliphatic heterocycles. The van der Waals surface area contributed by atoms with E-state index < -0.39 is 0 Å². The van der Waals surface area contributed by atoms with Crippen molar-refractivity contribution < 1.29 is 4.79 Å². The van der Waals surface area contributed by atoms with Gasteiger partial charge in [-0.3, -0.25) is 4.79 Å². The summed E-state index contributed by atoms with van der Waals surface area (Å²) < 4.78 is 0. The van der Waals surface area contributed by atoms with Crippen molar-refractivity contribution in [2.45, 2.75) is 20.8 Å². The summed E-state index contributed by atoms with van der Waals surface area (Å²) in [5, 5.41) is 5.74. The molecule has 0 aromatic rings. The largest absolute Gasteiger partial charge is 0.359 e. The highest BCUT2D eigenvalue weighted by Crippen LogP contribution is 2.12. The molecule has 0 aliphatic carbocycles. The fraction of sp³-hybridized carbons (Fsp3) is 0.700. The lowest BCUT2D eigenvalue weighted by atomic mass is 9.92. The summed E-state index contributed by atoms with van der Waals surface area (Å²) >= 11 is 0. The van der Waals surface area contributed by atoms with Gasteiger partial charge in [-0.25, -0.2) is 0 Å². The molecule has 0 heterocycles. The number of hydrogen-bond acceptors (Lipinski definition) is 2. The fourth-order valence-corrected chi connectivity index (χ4v) is 0.945. The molecule has 0 aromatic heterocycles. The SMILES string of the molecule is CC#CCNCC(C)(C)C(=O)NC. The minimum atomic E-state index is -0.371. The molecule has 74 valence electrons. The lowest BCUT2D eigenvalue weighted by Crippen LogP contribution is -2.42. The van der Waals surface area contributed by atoms with E-state index in [0.29, 0.717) is 13.1 Å². The molecular weight excluding hydrogens is 164 g/mol. The summed E-state index contributed by atoms with van der Waals surface area (Å²) in [5.41, 5.74) is -0.371. The predicted octanol–water partition coefficient (Wildman–Crippen LogP) is 0.372. The van der Waals surface area contributed by atoms with Crippen LogP contribution in [0.15, 0.2) is 0 Å². The molecule has 0 rings (SSSR count). The quantitative estimate of drug-likeness (QED) is 0.487. The van der Waals surface area contributed by atoms with Crippen LogP contribution in [0.3, 0.4) is 0 Å². The van der Waals surface area contributed by atoms with Crippen molar-refractivity contribution in [2.75, 3.05) is 20.1 Å². The van der Waals surface area contributed by atoms with Gasteiger partial charge in [0.25, 0.3) is 0 Å². The van der Waals surface area contributed by atoms with Crippen LogP contribution < -0.4 is 10.6 Å². The van der Waals surface area contributed by atoms with Crippen LogP contribution in [0.5, 0.6) is 0 Å². The van der Waals surface area contributed by atoms with Crippen molar-refractivity contribution in [1.29, 1.82) is 0 Å². The molecule has 0 saturated carbocycles. The van der Waals surface area contributed by atoms with E-state index in [4.69, 9.17) is 0 Å². The van der Waals surface area contributed by atoms with Gasteiger partial charge in [0.05, 0.1) is 12.0 Å². The van der Waals surface area contributed by atoms with E-state index in [0.717, 1.165) is 0 Å². The summed E-state index contributed by atoms with van der Waals surface area (Å²) in [6.07, 6.45) is 0. The monoisotopic (exact) mass is 182 g/mol. The normalized spacial score (nSPS) is 10.2. The van der Waals surface area contributed by atoms with Gasteiger partial charge in [0.2, 0.25) is 5.91 Å². The Bertz CT molecular complexity index is 223. The van der Waals surface area contributed by atoms with Gasteiger partial charge in [-0.05, 0) is 20.8 Å². The van der Waals surface area contributed by atoms with Crippen LogP contribution in [0.4, 0.5) is 0 Å². The Kier molecular flexibility index (Phi) is 5.17. The Hall–Kier alpha value is -1.01. The Morgan fingerprint density at radius 1 is 1.46 bits per heavy atom. The molecular formula is C10H18N2O. The van der Waals surface area contributed by atoms with Gasteiger partial charge in [0.15, 0.2) is 0 Å². The maximum Gasteiger partial charge on any atom is 0.226 e. The standard InChI is InChI=1S/C10H18N2O/c1-5-6-7-12-8-10(2,3)9(13)11-4/h12H,7-8H2,1-4H3,(H,11,13). The first kappa shape index (κ1) is 12.0.